The molecule has 0 spiro atoms. The van der Waals surface area contributed by atoms with Crippen LogP contribution < -0.4 is 5.69 Å². The number of benzene rings is 1. The number of nitrogens with zero attached hydrogens (tertiary/aromatic N) is 2. The van der Waals surface area contributed by atoms with Crippen molar-refractivity contribution >= 4 is 16.9 Å². The number of carbonyl (C=O) groups excluding carboxylic acids is 1. The predicted octanol–water partition coefficient (Wildman–Crippen LogP) is 1.27. The Balaban J connectivity index is 1.83. The molecule has 3 rings (SSSR count). The number of fused-ring (bicyclic) bond motifs is 1. The molecule has 0 atom stereocenters. The minimum Gasteiger partial charge on any atom is -0.306 e. The van der Waals surface area contributed by atoms with Crippen molar-refractivity contribution in [2.24, 2.45) is 0 Å². The summed E-state index contributed by atoms with van der Waals surface area (Å²) >= 11 is 0. The number of hydroxylamine groups is 2. The van der Waals surface area contributed by atoms with Crippen molar-refractivity contribution in [3.05, 3.63) is 34.7 Å². The summed E-state index contributed by atoms with van der Waals surface area (Å²) in [5, 5.41) is 1.39. The van der Waals surface area contributed by atoms with E-state index in [0.717, 1.165) is 30.3 Å². The van der Waals surface area contributed by atoms with Crippen molar-refractivity contribution in [3.63, 3.8) is 0 Å². The Morgan fingerprint density at radius 1 is 1.25 bits per heavy atom. The number of amides is 1. The molecule has 1 amide bonds. The molecular weight excluding hydrogens is 258 g/mol. The molecule has 1 fully saturated rings. The molecule has 6 nitrogen and oxygen atoms in total. The summed E-state index contributed by atoms with van der Waals surface area (Å²) in [5.41, 5.74) is 1.21. The molecule has 0 aliphatic carbocycles. The van der Waals surface area contributed by atoms with Gasteiger partial charge in [-0.1, -0.05) is 12.1 Å². The van der Waals surface area contributed by atoms with Crippen LogP contribution in [0.25, 0.3) is 11.0 Å². The van der Waals surface area contributed by atoms with Crippen molar-refractivity contribution in [2.75, 3.05) is 13.2 Å². The third-order valence-electron chi connectivity index (χ3n) is 3.51. The van der Waals surface area contributed by atoms with Crippen LogP contribution in [0.15, 0.2) is 29.1 Å². The normalized spacial score (nSPS) is 16.3. The number of rotatable bonds is 2. The van der Waals surface area contributed by atoms with Crippen LogP contribution in [0.4, 0.5) is 0 Å². The molecule has 1 N–H and O–H groups in total. The fourth-order valence-electron chi connectivity index (χ4n) is 2.45. The average molecular weight is 275 g/mol. The number of hydrogen-bond donors (Lipinski definition) is 1. The lowest BCUT2D eigenvalue weighted by atomic mass is 10.2. The number of para-hydroxylation sites is 2. The zero-order valence-corrected chi connectivity index (χ0v) is 11.2. The van der Waals surface area contributed by atoms with Crippen LogP contribution in [0.1, 0.15) is 19.3 Å². The van der Waals surface area contributed by atoms with E-state index in [0.29, 0.717) is 13.2 Å². The quantitative estimate of drug-likeness (QED) is 0.897. The number of nitrogens with one attached hydrogen (secondary N) is 1. The molecule has 1 aliphatic rings. The average Bonchev–Trinajstić information content (AvgIpc) is 2.66. The first-order valence-corrected chi connectivity index (χ1v) is 6.86. The number of imidazole rings is 1. The Morgan fingerprint density at radius 3 is 3.00 bits per heavy atom. The Hall–Kier alpha value is -2.08. The van der Waals surface area contributed by atoms with E-state index in [2.05, 4.69) is 4.98 Å². The molecule has 106 valence electrons. The van der Waals surface area contributed by atoms with E-state index in [4.69, 9.17) is 4.84 Å². The van der Waals surface area contributed by atoms with E-state index in [1.54, 1.807) is 0 Å². The molecule has 1 aromatic heterocycles. The highest BCUT2D eigenvalue weighted by molar-refractivity contribution is 5.80. The molecule has 6 heteroatoms. The van der Waals surface area contributed by atoms with E-state index >= 15 is 0 Å². The summed E-state index contributed by atoms with van der Waals surface area (Å²) in [6.07, 6.45) is 2.97. The molecule has 0 bridgehead atoms. The number of aromatic amines is 1. The molecule has 1 aliphatic heterocycles. The summed E-state index contributed by atoms with van der Waals surface area (Å²) < 4.78 is 1.45. The van der Waals surface area contributed by atoms with Gasteiger partial charge in [0.1, 0.15) is 6.54 Å². The van der Waals surface area contributed by atoms with Gasteiger partial charge in [0.05, 0.1) is 17.6 Å². The zero-order valence-electron chi connectivity index (χ0n) is 11.2. The lowest BCUT2D eigenvalue weighted by Gasteiger charge is -2.19. The monoisotopic (exact) mass is 275 g/mol. The van der Waals surface area contributed by atoms with E-state index in [-0.39, 0.29) is 18.1 Å². The van der Waals surface area contributed by atoms with Crippen LogP contribution >= 0.6 is 0 Å². The third-order valence-corrected chi connectivity index (χ3v) is 3.51. The van der Waals surface area contributed by atoms with Gasteiger partial charge in [0.2, 0.25) is 0 Å². The molecule has 1 saturated heterocycles. The molecule has 2 aromatic rings. The Bertz CT molecular complexity index is 666. The molecule has 0 unspecified atom stereocenters. The van der Waals surface area contributed by atoms with E-state index in [1.807, 2.05) is 24.3 Å². The first kappa shape index (κ1) is 12.9. The molecule has 0 saturated carbocycles. The van der Waals surface area contributed by atoms with Crippen molar-refractivity contribution in [2.45, 2.75) is 25.8 Å². The fraction of sp³-hybridized carbons (Fsp3) is 0.429. The molecule has 0 radical (unpaired) electrons. The first-order chi connectivity index (χ1) is 9.75. The Kier molecular flexibility index (Phi) is 3.56. The summed E-state index contributed by atoms with van der Waals surface area (Å²) in [7, 11) is 0. The number of hydrogen-bond acceptors (Lipinski definition) is 3. The third kappa shape index (κ3) is 2.46. The van der Waals surface area contributed by atoms with Gasteiger partial charge in [0.25, 0.3) is 5.91 Å². The van der Waals surface area contributed by atoms with Crippen LogP contribution in [-0.4, -0.2) is 33.7 Å². The van der Waals surface area contributed by atoms with Gasteiger partial charge >= 0.3 is 5.69 Å². The highest BCUT2D eigenvalue weighted by atomic mass is 16.7. The van der Waals surface area contributed by atoms with Gasteiger partial charge in [-0.15, -0.1) is 0 Å². The maximum absolute atomic E-state index is 12.2. The van der Waals surface area contributed by atoms with Crippen LogP contribution in [-0.2, 0) is 16.2 Å². The predicted molar refractivity (Wildman–Crippen MR) is 74.1 cm³/mol. The standard InChI is InChI=1S/C14H17N3O3/c18-13(17-8-4-1-5-9-20-17)10-16-12-7-3-2-6-11(12)15-14(16)19/h2-3,6-7H,1,4-5,8-10H2,(H,15,19). The molecule has 2 heterocycles. The lowest BCUT2D eigenvalue weighted by molar-refractivity contribution is -0.184. The maximum Gasteiger partial charge on any atom is 0.326 e. The minimum absolute atomic E-state index is 0.00282. The second-order valence-corrected chi connectivity index (χ2v) is 4.92. The second kappa shape index (κ2) is 5.50. The summed E-state index contributed by atoms with van der Waals surface area (Å²) in [5.74, 6) is -0.182. The van der Waals surface area contributed by atoms with E-state index in [1.165, 1.54) is 9.63 Å². The number of H-pyrrole nitrogens is 1. The minimum atomic E-state index is -0.269. The van der Waals surface area contributed by atoms with Gasteiger partial charge < -0.3 is 4.98 Å². The molecule has 20 heavy (non-hydrogen) atoms. The lowest BCUT2D eigenvalue weighted by Crippen LogP contribution is -2.36. The summed E-state index contributed by atoms with van der Waals surface area (Å²) in [6, 6.07) is 7.34. The van der Waals surface area contributed by atoms with Gasteiger partial charge in [-0.25, -0.2) is 9.86 Å². The molecule has 1 aromatic carbocycles. The van der Waals surface area contributed by atoms with Crippen LogP contribution in [0, 0.1) is 0 Å². The number of carbonyl (C=O) groups is 1. The first-order valence-electron chi connectivity index (χ1n) is 6.86. The maximum atomic E-state index is 12.2. The Labute approximate surface area is 115 Å². The number of aromatic nitrogens is 2. The van der Waals surface area contributed by atoms with Crippen LogP contribution in [0.5, 0.6) is 0 Å². The van der Waals surface area contributed by atoms with Gasteiger partial charge in [-0.2, -0.15) is 0 Å². The zero-order chi connectivity index (χ0) is 13.9. The Morgan fingerprint density at radius 2 is 2.10 bits per heavy atom. The smallest absolute Gasteiger partial charge is 0.306 e. The van der Waals surface area contributed by atoms with Gasteiger partial charge in [-0.05, 0) is 31.4 Å². The van der Waals surface area contributed by atoms with E-state index in [9.17, 15) is 9.59 Å². The van der Waals surface area contributed by atoms with E-state index < -0.39 is 0 Å². The van der Waals surface area contributed by atoms with Crippen molar-refractivity contribution < 1.29 is 9.63 Å². The highest BCUT2D eigenvalue weighted by Crippen LogP contribution is 2.11. The second-order valence-electron chi connectivity index (χ2n) is 4.92. The summed E-state index contributed by atoms with van der Waals surface area (Å²) in [6.45, 7) is 1.16. The van der Waals surface area contributed by atoms with Crippen molar-refractivity contribution in [3.8, 4) is 0 Å². The highest BCUT2D eigenvalue weighted by Gasteiger charge is 2.19. The SMILES string of the molecule is O=C(Cn1c(=O)[nH]c2ccccc21)N1CCCCCO1. The van der Waals surface area contributed by atoms with Gasteiger partial charge in [0, 0.05) is 6.54 Å². The topological polar surface area (TPSA) is 67.3 Å². The largest absolute Gasteiger partial charge is 0.326 e. The van der Waals surface area contributed by atoms with Crippen molar-refractivity contribution in [1.29, 1.82) is 0 Å². The molecular formula is C14H17N3O3. The van der Waals surface area contributed by atoms with Crippen LogP contribution in [0.3, 0.4) is 0 Å². The van der Waals surface area contributed by atoms with Crippen molar-refractivity contribution in [1.82, 2.24) is 14.6 Å². The van der Waals surface area contributed by atoms with Crippen LogP contribution in [0.2, 0.25) is 0 Å². The fourth-order valence-corrected chi connectivity index (χ4v) is 2.45. The van der Waals surface area contributed by atoms with Gasteiger partial charge in [-0.3, -0.25) is 14.2 Å². The summed E-state index contributed by atoms with van der Waals surface area (Å²) in [4.78, 5) is 32.3. The van der Waals surface area contributed by atoms with Gasteiger partial charge in [0.15, 0.2) is 0 Å².